The minimum Gasteiger partial charge on any atom is -0.449 e. The Bertz CT molecular complexity index is 723. The standard InChI is InChI=1S/C13H9N3OS/c14-6-10-2-3-11(17-10)7-15-9-1-4-12-13(5-9)18-8-16-12/h1-5,8,15H,7H2. The van der Waals surface area contributed by atoms with Crippen LogP contribution in [0.3, 0.4) is 0 Å². The van der Waals surface area contributed by atoms with E-state index in [1.54, 1.807) is 23.5 Å². The summed E-state index contributed by atoms with van der Waals surface area (Å²) in [6.45, 7) is 0.561. The zero-order valence-electron chi connectivity index (χ0n) is 9.38. The Labute approximate surface area is 107 Å². The van der Waals surface area contributed by atoms with E-state index in [0.29, 0.717) is 12.3 Å². The molecule has 3 aromatic rings. The van der Waals surface area contributed by atoms with E-state index in [0.717, 1.165) is 21.7 Å². The van der Waals surface area contributed by atoms with Crippen LogP contribution in [0.5, 0.6) is 0 Å². The summed E-state index contributed by atoms with van der Waals surface area (Å²) in [6.07, 6.45) is 0. The van der Waals surface area contributed by atoms with Gasteiger partial charge in [-0.1, -0.05) is 0 Å². The first-order valence-electron chi connectivity index (χ1n) is 5.41. The zero-order valence-corrected chi connectivity index (χ0v) is 10.2. The second-order valence-corrected chi connectivity index (χ2v) is 4.65. The van der Waals surface area contributed by atoms with Crippen molar-refractivity contribution in [2.45, 2.75) is 6.54 Å². The lowest BCUT2D eigenvalue weighted by atomic mass is 10.3. The van der Waals surface area contributed by atoms with Gasteiger partial charge >= 0.3 is 0 Å². The molecule has 0 saturated heterocycles. The van der Waals surface area contributed by atoms with E-state index < -0.39 is 0 Å². The van der Waals surface area contributed by atoms with Crippen molar-refractivity contribution in [2.24, 2.45) is 0 Å². The molecule has 0 radical (unpaired) electrons. The van der Waals surface area contributed by atoms with Crippen LogP contribution in [0, 0.1) is 11.3 Å². The van der Waals surface area contributed by atoms with Crippen LogP contribution in [0.2, 0.25) is 0 Å². The first-order valence-corrected chi connectivity index (χ1v) is 6.29. The number of benzene rings is 1. The van der Waals surface area contributed by atoms with Crippen molar-refractivity contribution in [1.82, 2.24) is 4.98 Å². The van der Waals surface area contributed by atoms with Crippen LogP contribution >= 0.6 is 11.3 Å². The van der Waals surface area contributed by atoms with Crippen LogP contribution in [0.15, 0.2) is 40.3 Å². The van der Waals surface area contributed by atoms with Crippen molar-refractivity contribution in [3.05, 3.63) is 47.4 Å². The molecule has 4 nitrogen and oxygen atoms in total. The summed E-state index contributed by atoms with van der Waals surface area (Å²) < 4.78 is 6.44. The van der Waals surface area contributed by atoms with E-state index in [9.17, 15) is 0 Å². The van der Waals surface area contributed by atoms with Crippen LogP contribution in [-0.4, -0.2) is 4.98 Å². The molecule has 18 heavy (non-hydrogen) atoms. The minimum absolute atomic E-state index is 0.338. The maximum Gasteiger partial charge on any atom is 0.203 e. The van der Waals surface area contributed by atoms with E-state index in [2.05, 4.69) is 16.4 Å². The maximum atomic E-state index is 8.66. The Balaban J connectivity index is 1.74. The number of nitriles is 1. The van der Waals surface area contributed by atoms with Gasteiger partial charge in [-0.2, -0.15) is 5.26 Å². The predicted molar refractivity (Wildman–Crippen MR) is 70.4 cm³/mol. The lowest BCUT2D eigenvalue weighted by Crippen LogP contribution is -1.97. The molecule has 3 rings (SSSR count). The van der Waals surface area contributed by atoms with Crippen molar-refractivity contribution < 1.29 is 4.42 Å². The molecule has 0 amide bonds. The average Bonchev–Trinajstić information content (AvgIpc) is 3.04. The van der Waals surface area contributed by atoms with E-state index in [4.69, 9.17) is 9.68 Å². The summed E-state index contributed by atoms with van der Waals surface area (Å²) >= 11 is 1.61. The third-order valence-corrected chi connectivity index (χ3v) is 3.36. The molecule has 0 fully saturated rings. The Kier molecular flexibility index (Phi) is 2.71. The monoisotopic (exact) mass is 255 g/mol. The molecule has 1 N–H and O–H groups in total. The zero-order chi connectivity index (χ0) is 12.4. The number of aromatic nitrogens is 1. The normalized spacial score (nSPS) is 10.4. The van der Waals surface area contributed by atoms with Crippen LogP contribution < -0.4 is 5.32 Å². The number of furan rings is 1. The molecule has 1 aromatic carbocycles. The van der Waals surface area contributed by atoms with Crippen LogP contribution in [0.4, 0.5) is 5.69 Å². The number of hydrogen-bond donors (Lipinski definition) is 1. The second kappa shape index (κ2) is 4.51. The number of nitrogens with one attached hydrogen (secondary N) is 1. The number of hydrogen-bond acceptors (Lipinski definition) is 5. The van der Waals surface area contributed by atoms with Gasteiger partial charge < -0.3 is 9.73 Å². The fraction of sp³-hybridized carbons (Fsp3) is 0.0769. The highest BCUT2D eigenvalue weighted by atomic mass is 32.1. The fourth-order valence-corrected chi connectivity index (χ4v) is 2.40. The van der Waals surface area contributed by atoms with Crippen LogP contribution in [0.25, 0.3) is 10.2 Å². The average molecular weight is 255 g/mol. The van der Waals surface area contributed by atoms with Gasteiger partial charge in [0.05, 0.1) is 22.3 Å². The molecule has 5 heteroatoms. The summed E-state index contributed by atoms with van der Waals surface area (Å²) in [5, 5.41) is 11.9. The number of anilines is 1. The Morgan fingerprint density at radius 1 is 1.33 bits per heavy atom. The van der Waals surface area contributed by atoms with Crippen LogP contribution in [0.1, 0.15) is 11.5 Å². The van der Waals surface area contributed by atoms with Gasteiger partial charge in [-0.3, -0.25) is 0 Å². The van der Waals surface area contributed by atoms with E-state index >= 15 is 0 Å². The van der Waals surface area contributed by atoms with Gasteiger partial charge in [0.25, 0.3) is 0 Å². The lowest BCUT2D eigenvalue weighted by molar-refractivity contribution is 0.506. The third kappa shape index (κ3) is 2.06. The van der Waals surface area contributed by atoms with Crippen molar-refractivity contribution in [1.29, 1.82) is 5.26 Å². The van der Waals surface area contributed by atoms with Gasteiger partial charge in [-0.15, -0.1) is 11.3 Å². The number of nitrogens with zero attached hydrogens (tertiary/aromatic N) is 2. The molecular formula is C13H9N3OS. The SMILES string of the molecule is N#Cc1ccc(CNc2ccc3ncsc3c2)o1. The Morgan fingerprint density at radius 2 is 2.28 bits per heavy atom. The molecule has 0 unspecified atom stereocenters. The summed E-state index contributed by atoms with van der Waals surface area (Å²) in [5.74, 6) is 1.08. The Hall–Kier alpha value is -2.32. The molecule has 0 atom stereocenters. The summed E-state index contributed by atoms with van der Waals surface area (Å²) in [5.41, 5.74) is 3.86. The first-order chi connectivity index (χ1) is 8.85. The molecule has 88 valence electrons. The molecule has 0 aliphatic heterocycles. The molecule has 0 spiro atoms. The number of thiazole rings is 1. The Morgan fingerprint density at radius 3 is 3.11 bits per heavy atom. The van der Waals surface area contributed by atoms with Gasteiger partial charge in [0, 0.05) is 5.69 Å². The highest BCUT2D eigenvalue weighted by Crippen LogP contribution is 2.22. The summed E-state index contributed by atoms with van der Waals surface area (Å²) in [7, 11) is 0. The topological polar surface area (TPSA) is 61.9 Å². The van der Waals surface area contributed by atoms with Crippen LogP contribution in [-0.2, 0) is 6.54 Å². The van der Waals surface area contributed by atoms with E-state index in [-0.39, 0.29) is 0 Å². The number of rotatable bonds is 3. The molecule has 0 saturated carbocycles. The highest BCUT2D eigenvalue weighted by molar-refractivity contribution is 7.16. The summed E-state index contributed by atoms with van der Waals surface area (Å²) in [6, 6.07) is 11.5. The fourth-order valence-electron chi connectivity index (χ4n) is 1.69. The summed E-state index contributed by atoms with van der Waals surface area (Å²) in [4.78, 5) is 4.23. The highest BCUT2D eigenvalue weighted by Gasteiger charge is 2.02. The van der Waals surface area contributed by atoms with Crippen molar-refractivity contribution >= 4 is 27.2 Å². The first kappa shape index (κ1) is 10.8. The predicted octanol–water partition coefficient (Wildman–Crippen LogP) is 3.37. The smallest absolute Gasteiger partial charge is 0.203 e. The second-order valence-electron chi connectivity index (χ2n) is 3.77. The third-order valence-electron chi connectivity index (χ3n) is 2.57. The molecular weight excluding hydrogens is 246 g/mol. The number of fused-ring (bicyclic) bond motifs is 1. The maximum absolute atomic E-state index is 8.66. The molecule has 2 aromatic heterocycles. The van der Waals surface area contributed by atoms with Gasteiger partial charge in [-0.25, -0.2) is 4.98 Å². The van der Waals surface area contributed by atoms with Gasteiger partial charge in [0.15, 0.2) is 0 Å². The van der Waals surface area contributed by atoms with Crippen molar-refractivity contribution in [3.8, 4) is 6.07 Å². The molecule has 0 bridgehead atoms. The largest absolute Gasteiger partial charge is 0.449 e. The van der Waals surface area contributed by atoms with Crippen molar-refractivity contribution in [3.63, 3.8) is 0 Å². The van der Waals surface area contributed by atoms with E-state index in [1.807, 2.05) is 23.7 Å². The molecule has 0 aliphatic carbocycles. The van der Waals surface area contributed by atoms with Crippen molar-refractivity contribution in [2.75, 3.05) is 5.32 Å². The molecule has 2 heterocycles. The quantitative estimate of drug-likeness (QED) is 0.779. The molecule has 0 aliphatic rings. The van der Waals surface area contributed by atoms with Gasteiger partial charge in [0.2, 0.25) is 5.76 Å². The minimum atomic E-state index is 0.338. The van der Waals surface area contributed by atoms with E-state index in [1.165, 1.54) is 0 Å². The van der Waals surface area contributed by atoms with Gasteiger partial charge in [-0.05, 0) is 30.3 Å². The lowest BCUT2D eigenvalue weighted by Gasteiger charge is -2.03. The van der Waals surface area contributed by atoms with Gasteiger partial charge in [0.1, 0.15) is 11.8 Å².